The molecule has 134 valence electrons. The molecule has 1 aliphatic heterocycles. The topological polar surface area (TPSA) is 81.4 Å². The Morgan fingerprint density at radius 1 is 1.28 bits per heavy atom. The first-order chi connectivity index (χ1) is 11.7. The fourth-order valence-corrected chi connectivity index (χ4v) is 2.57. The molecule has 3 heterocycles. The summed E-state index contributed by atoms with van der Waals surface area (Å²) in [7, 11) is 0. The zero-order chi connectivity index (χ0) is 18.2. The summed E-state index contributed by atoms with van der Waals surface area (Å²) in [4.78, 5) is 17.4. The van der Waals surface area contributed by atoms with E-state index in [2.05, 4.69) is 15.2 Å². The molecule has 0 spiro atoms. The molecule has 2 aromatic heterocycles. The van der Waals surface area contributed by atoms with Crippen LogP contribution >= 0.6 is 0 Å². The number of rotatable bonds is 2. The van der Waals surface area contributed by atoms with E-state index in [0.717, 1.165) is 12.1 Å². The van der Waals surface area contributed by atoms with Gasteiger partial charge in [-0.15, -0.1) is 10.2 Å². The second-order valence-electron chi connectivity index (χ2n) is 5.71. The van der Waals surface area contributed by atoms with Gasteiger partial charge in [0, 0.05) is 13.5 Å². The van der Waals surface area contributed by atoms with Crippen molar-refractivity contribution >= 4 is 5.91 Å². The van der Waals surface area contributed by atoms with Gasteiger partial charge < -0.3 is 14.1 Å². The second-order valence-corrected chi connectivity index (χ2v) is 5.71. The maximum Gasteiger partial charge on any atom is 0.433 e. The molecule has 1 fully saturated rings. The predicted molar refractivity (Wildman–Crippen MR) is 77.5 cm³/mol. The quantitative estimate of drug-likeness (QED) is 0.822. The van der Waals surface area contributed by atoms with Crippen LogP contribution in [-0.4, -0.2) is 45.2 Å². The number of pyridine rings is 1. The van der Waals surface area contributed by atoms with Crippen LogP contribution in [0, 0.1) is 6.92 Å². The number of carbonyl (C=O) groups is 1. The van der Waals surface area contributed by atoms with Crippen LogP contribution in [0.1, 0.15) is 41.0 Å². The summed E-state index contributed by atoms with van der Waals surface area (Å²) in [5, 5.41) is 7.59. The van der Waals surface area contributed by atoms with Gasteiger partial charge in [-0.1, -0.05) is 6.07 Å². The Hall–Kier alpha value is -2.49. The number of alkyl halides is 3. The first kappa shape index (κ1) is 17.3. The van der Waals surface area contributed by atoms with Gasteiger partial charge in [0.1, 0.15) is 11.4 Å². The third-order valence-corrected chi connectivity index (χ3v) is 3.62. The lowest BCUT2D eigenvalue weighted by atomic mass is 10.2. The number of hydrogen-bond acceptors (Lipinski definition) is 6. The Balaban J connectivity index is 1.81. The highest BCUT2D eigenvalue weighted by molar-refractivity contribution is 5.92. The molecule has 0 bridgehead atoms. The fraction of sp³-hybridized carbons (Fsp3) is 0.467. The third-order valence-electron chi connectivity index (χ3n) is 3.62. The molecule has 0 radical (unpaired) electrons. The zero-order valence-corrected chi connectivity index (χ0v) is 13.4. The first-order valence-corrected chi connectivity index (χ1v) is 7.53. The van der Waals surface area contributed by atoms with E-state index in [-0.39, 0.29) is 30.8 Å². The summed E-state index contributed by atoms with van der Waals surface area (Å²) in [5.74, 6) is -0.0319. The lowest BCUT2D eigenvalue weighted by Gasteiger charge is -2.35. The molecule has 0 N–H and O–H groups in total. The number of amides is 1. The summed E-state index contributed by atoms with van der Waals surface area (Å²) >= 11 is 0. The zero-order valence-electron chi connectivity index (χ0n) is 13.4. The van der Waals surface area contributed by atoms with Gasteiger partial charge in [0.15, 0.2) is 6.10 Å². The van der Waals surface area contributed by atoms with Crippen molar-refractivity contribution in [2.24, 2.45) is 0 Å². The van der Waals surface area contributed by atoms with Crippen molar-refractivity contribution < 1.29 is 27.1 Å². The largest absolute Gasteiger partial charge is 0.433 e. The number of halogens is 3. The normalized spacial score (nSPS) is 21.4. The molecular formula is C15H15F3N4O3. The third kappa shape index (κ3) is 3.78. The highest BCUT2D eigenvalue weighted by Crippen LogP contribution is 2.28. The summed E-state index contributed by atoms with van der Waals surface area (Å²) in [5.41, 5.74) is -1.38. The fourth-order valence-electron chi connectivity index (χ4n) is 2.57. The Morgan fingerprint density at radius 3 is 2.68 bits per heavy atom. The van der Waals surface area contributed by atoms with E-state index < -0.39 is 23.9 Å². The number of nitrogens with zero attached hydrogens (tertiary/aromatic N) is 4. The molecule has 0 aromatic carbocycles. The van der Waals surface area contributed by atoms with Crippen LogP contribution in [-0.2, 0) is 10.9 Å². The van der Waals surface area contributed by atoms with E-state index in [9.17, 15) is 18.0 Å². The smallest absolute Gasteiger partial charge is 0.423 e. The van der Waals surface area contributed by atoms with Crippen molar-refractivity contribution in [3.05, 3.63) is 41.4 Å². The lowest BCUT2D eigenvalue weighted by molar-refractivity contribution is -0.141. The molecule has 10 heteroatoms. The Kier molecular flexibility index (Phi) is 4.46. The van der Waals surface area contributed by atoms with Crippen molar-refractivity contribution in [3.63, 3.8) is 0 Å². The van der Waals surface area contributed by atoms with Gasteiger partial charge >= 0.3 is 6.18 Å². The highest BCUT2D eigenvalue weighted by atomic mass is 19.4. The van der Waals surface area contributed by atoms with E-state index in [0.29, 0.717) is 5.89 Å². The lowest BCUT2D eigenvalue weighted by Crippen LogP contribution is -2.46. The van der Waals surface area contributed by atoms with Crippen LogP contribution in [0.2, 0.25) is 0 Å². The highest BCUT2D eigenvalue weighted by Gasteiger charge is 2.36. The van der Waals surface area contributed by atoms with Gasteiger partial charge in [-0.25, -0.2) is 4.98 Å². The van der Waals surface area contributed by atoms with E-state index in [4.69, 9.17) is 9.15 Å². The molecule has 1 aliphatic rings. The maximum absolute atomic E-state index is 12.8. The van der Waals surface area contributed by atoms with E-state index in [1.54, 1.807) is 13.8 Å². The van der Waals surface area contributed by atoms with Crippen molar-refractivity contribution in [1.82, 2.24) is 20.1 Å². The minimum absolute atomic E-state index is 0.0860. The van der Waals surface area contributed by atoms with Crippen LogP contribution in [0.15, 0.2) is 22.6 Å². The van der Waals surface area contributed by atoms with Crippen LogP contribution in [0.5, 0.6) is 0 Å². The molecule has 1 amide bonds. The summed E-state index contributed by atoms with van der Waals surface area (Å²) in [6, 6.07) is 3.23. The second kappa shape index (κ2) is 6.43. The van der Waals surface area contributed by atoms with Crippen LogP contribution < -0.4 is 0 Å². The van der Waals surface area contributed by atoms with Gasteiger partial charge in [0.25, 0.3) is 5.91 Å². The maximum atomic E-state index is 12.8. The van der Waals surface area contributed by atoms with Gasteiger partial charge in [0.2, 0.25) is 11.8 Å². The van der Waals surface area contributed by atoms with Crippen LogP contribution in [0.4, 0.5) is 13.2 Å². The number of aryl methyl sites for hydroxylation is 1. The minimum Gasteiger partial charge on any atom is -0.423 e. The molecule has 0 aliphatic carbocycles. The molecule has 2 aromatic rings. The van der Waals surface area contributed by atoms with E-state index in [1.165, 1.54) is 11.0 Å². The van der Waals surface area contributed by atoms with Gasteiger partial charge in [0.05, 0.1) is 12.6 Å². The molecule has 0 saturated carbocycles. The summed E-state index contributed by atoms with van der Waals surface area (Å²) in [6.07, 6.45) is -5.60. The van der Waals surface area contributed by atoms with E-state index in [1.807, 2.05) is 0 Å². The van der Waals surface area contributed by atoms with Crippen LogP contribution in [0.25, 0.3) is 0 Å². The summed E-state index contributed by atoms with van der Waals surface area (Å²) < 4.78 is 49.4. The monoisotopic (exact) mass is 356 g/mol. The number of ether oxygens (including phenoxy) is 1. The summed E-state index contributed by atoms with van der Waals surface area (Å²) in [6.45, 7) is 3.68. The molecule has 1 saturated heterocycles. The SMILES string of the molecule is Cc1nnc([C@H]2CN(C(=O)c3cccc(C(F)(F)F)n3)C[C@@H](C)O2)o1. The van der Waals surface area contributed by atoms with Crippen molar-refractivity contribution in [2.45, 2.75) is 32.2 Å². The molecule has 2 atom stereocenters. The van der Waals surface area contributed by atoms with Crippen molar-refractivity contribution in [2.75, 3.05) is 13.1 Å². The molecule has 3 rings (SSSR count). The number of aromatic nitrogens is 3. The number of hydrogen-bond donors (Lipinski definition) is 0. The molecule has 25 heavy (non-hydrogen) atoms. The van der Waals surface area contributed by atoms with Crippen molar-refractivity contribution in [3.8, 4) is 0 Å². The number of carbonyl (C=O) groups excluding carboxylic acids is 1. The Morgan fingerprint density at radius 2 is 2.04 bits per heavy atom. The van der Waals surface area contributed by atoms with Gasteiger partial charge in [-0.3, -0.25) is 4.79 Å². The Bertz CT molecular complexity index is 777. The van der Waals surface area contributed by atoms with Crippen LogP contribution in [0.3, 0.4) is 0 Å². The van der Waals surface area contributed by atoms with Crippen molar-refractivity contribution in [1.29, 1.82) is 0 Å². The average Bonchev–Trinajstić information content (AvgIpc) is 2.99. The molecule has 0 unspecified atom stereocenters. The standard InChI is InChI=1S/C15H15F3N4O3/c1-8-6-22(7-11(24-8)13-21-20-9(2)25-13)14(23)10-4-3-5-12(19-10)15(16,17)18/h3-5,8,11H,6-7H2,1-2H3/t8-,11-/m1/s1. The average molecular weight is 356 g/mol. The number of morpholine rings is 1. The molecule has 7 nitrogen and oxygen atoms in total. The van der Waals surface area contributed by atoms with E-state index >= 15 is 0 Å². The minimum atomic E-state index is -4.61. The Labute approximate surface area is 140 Å². The first-order valence-electron chi connectivity index (χ1n) is 7.53. The predicted octanol–water partition coefficient (Wildman–Crippen LogP) is 2.39. The van der Waals surface area contributed by atoms with Gasteiger partial charge in [-0.05, 0) is 19.1 Å². The molecular weight excluding hydrogens is 341 g/mol. The van der Waals surface area contributed by atoms with Gasteiger partial charge in [-0.2, -0.15) is 13.2 Å².